The maximum atomic E-state index is 12.0. The number of carbonyl (C=O) groups excluding carboxylic acids is 3. The monoisotopic (exact) mass is 315 g/mol. The first-order chi connectivity index (χ1) is 10.0. The van der Waals surface area contributed by atoms with Gasteiger partial charge in [0.2, 0.25) is 0 Å². The Bertz CT molecular complexity index is 518. The van der Waals surface area contributed by atoms with Crippen molar-refractivity contribution in [3.05, 3.63) is 11.3 Å². The summed E-state index contributed by atoms with van der Waals surface area (Å²) in [6.45, 7) is 6.52. The molecule has 8 nitrogen and oxygen atoms in total. The smallest absolute Gasteiger partial charge is 0.411 e. The van der Waals surface area contributed by atoms with Gasteiger partial charge in [0.25, 0.3) is 5.72 Å². The fourth-order valence-electron chi connectivity index (χ4n) is 1.94. The molecule has 124 valence electrons. The number of methoxy groups -OCH3 is 2. The summed E-state index contributed by atoms with van der Waals surface area (Å²) in [6.07, 6.45) is -1.07. The Labute approximate surface area is 128 Å². The van der Waals surface area contributed by atoms with E-state index in [1.54, 1.807) is 20.8 Å². The molecular formula is C14H21NO7. The van der Waals surface area contributed by atoms with Crippen molar-refractivity contribution in [3.8, 4) is 0 Å². The standard InChI is InChI=1S/C14H21NO7/c1-8-9(10(16)19-5)7-14(21-8,11(17)20-6)15-12(18)22-13(2,3)4/h7H2,1-6H3,(H,15,18)/t14-/m0/s1. The lowest BCUT2D eigenvalue weighted by Crippen LogP contribution is -2.56. The van der Waals surface area contributed by atoms with E-state index in [0.29, 0.717) is 0 Å². The van der Waals surface area contributed by atoms with Gasteiger partial charge in [-0.15, -0.1) is 0 Å². The second-order valence-corrected chi connectivity index (χ2v) is 5.75. The summed E-state index contributed by atoms with van der Waals surface area (Å²) in [4.78, 5) is 35.7. The molecule has 0 aromatic rings. The number of rotatable bonds is 3. The first kappa shape index (κ1) is 17.8. The van der Waals surface area contributed by atoms with Crippen molar-refractivity contribution in [3.63, 3.8) is 0 Å². The molecule has 1 aliphatic heterocycles. The zero-order valence-electron chi connectivity index (χ0n) is 13.6. The van der Waals surface area contributed by atoms with E-state index in [1.807, 2.05) is 0 Å². The van der Waals surface area contributed by atoms with Crippen LogP contribution in [0.15, 0.2) is 11.3 Å². The van der Waals surface area contributed by atoms with Crippen molar-refractivity contribution in [1.82, 2.24) is 5.32 Å². The van der Waals surface area contributed by atoms with Gasteiger partial charge in [-0.25, -0.2) is 14.4 Å². The van der Waals surface area contributed by atoms with Crippen LogP contribution < -0.4 is 5.32 Å². The number of nitrogens with one attached hydrogen (secondary N) is 1. The summed E-state index contributed by atoms with van der Waals surface area (Å²) >= 11 is 0. The van der Waals surface area contributed by atoms with Crippen molar-refractivity contribution in [2.45, 2.75) is 45.4 Å². The molecule has 0 bridgehead atoms. The van der Waals surface area contributed by atoms with Crippen LogP contribution in [0.5, 0.6) is 0 Å². The van der Waals surface area contributed by atoms with Crippen LogP contribution in [0.2, 0.25) is 0 Å². The van der Waals surface area contributed by atoms with Gasteiger partial charge in [-0.3, -0.25) is 5.32 Å². The zero-order valence-corrected chi connectivity index (χ0v) is 13.6. The van der Waals surface area contributed by atoms with E-state index >= 15 is 0 Å². The molecule has 1 rings (SSSR count). The van der Waals surface area contributed by atoms with Crippen LogP contribution in [-0.4, -0.2) is 43.6 Å². The second kappa shape index (κ2) is 6.25. The van der Waals surface area contributed by atoms with Gasteiger partial charge in [0.15, 0.2) is 0 Å². The van der Waals surface area contributed by atoms with Crippen LogP contribution in [0, 0.1) is 0 Å². The second-order valence-electron chi connectivity index (χ2n) is 5.75. The van der Waals surface area contributed by atoms with Crippen molar-refractivity contribution >= 4 is 18.0 Å². The number of alkyl carbamates (subject to hydrolysis) is 1. The highest BCUT2D eigenvalue weighted by Gasteiger charge is 2.51. The number of hydrogen-bond acceptors (Lipinski definition) is 7. The first-order valence-corrected chi connectivity index (χ1v) is 6.61. The molecule has 0 saturated carbocycles. The van der Waals surface area contributed by atoms with E-state index in [4.69, 9.17) is 9.47 Å². The van der Waals surface area contributed by atoms with E-state index in [1.165, 1.54) is 14.0 Å². The summed E-state index contributed by atoms with van der Waals surface area (Å²) in [7, 11) is 2.36. The fraction of sp³-hybridized carbons (Fsp3) is 0.643. The molecule has 0 spiro atoms. The third kappa shape index (κ3) is 3.90. The van der Waals surface area contributed by atoms with Crippen molar-refractivity contribution in [1.29, 1.82) is 0 Å². The Hall–Kier alpha value is -2.25. The average Bonchev–Trinajstić information content (AvgIpc) is 2.72. The molecule has 8 heteroatoms. The zero-order chi connectivity index (χ0) is 17.1. The van der Waals surface area contributed by atoms with Crippen molar-refractivity contribution in [2.75, 3.05) is 14.2 Å². The molecule has 0 aliphatic carbocycles. The SMILES string of the molecule is COC(=O)C1=C(C)O[C@](NC(=O)OC(C)(C)C)(C(=O)OC)C1. The highest BCUT2D eigenvalue weighted by molar-refractivity contribution is 5.93. The van der Waals surface area contributed by atoms with Crippen LogP contribution in [0.3, 0.4) is 0 Å². The quantitative estimate of drug-likeness (QED) is 0.618. The summed E-state index contributed by atoms with van der Waals surface area (Å²) in [6, 6.07) is 0. The van der Waals surface area contributed by atoms with Gasteiger partial charge in [0.05, 0.1) is 26.2 Å². The van der Waals surface area contributed by atoms with Gasteiger partial charge < -0.3 is 18.9 Å². The number of amides is 1. The Morgan fingerprint density at radius 2 is 1.77 bits per heavy atom. The van der Waals surface area contributed by atoms with E-state index in [-0.39, 0.29) is 17.8 Å². The minimum Gasteiger partial charge on any atom is -0.466 e. The van der Waals surface area contributed by atoms with Gasteiger partial charge in [-0.05, 0) is 27.7 Å². The van der Waals surface area contributed by atoms with Crippen LogP contribution in [-0.2, 0) is 28.5 Å². The van der Waals surface area contributed by atoms with Crippen LogP contribution in [0.25, 0.3) is 0 Å². The minimum absolute atomic E-state index is 0.143. The number of hydrogen-bond donors (Lipinski definition) is 1. The van der Waals surface area contributed by atoms with Gasteiger partial charge in [0, 0.05) is 0 Å². The Morgan fingerprint density at radius 3 is 2.23 bits per heavy atom. The normalized spacial score (nSPS) is 21.0. The largest absolute Gasteiger partial charge is 0.466 e. The Kier molecular flexibility index (Phi) is 5.05. The Morgan fingerprint density at radius 1 is 1.18 bits per heavy atom. The van der Waals surface area contributed by atoms with E-state index in [0.717, 1.165) is 7.11 Å². The third-order valence-electron chi connectivity index (χ3n) is 2.83. The maximum Gasteiger partial charge on any atom is 0.411 e. The molecule has 0 aromatic heterocycles. The molecule has 22 heavy (non-hydrogen) atoms. The topological polar surface area (TPSA) is 100 Å². The lowest BCUT2D eigenvalue weighted by molar-refractivity contribution is -0.165. The highest BCUT2D eigenvalue weighted by atomic mass is 16.6. The Balaban J connectivity index is 2.99. The predicted octanol–water partition coefficient (Wildman–Crippen LogP) is 1.25. The lowest BCUT2D eigenvalue weighted by Gasteiger charge is -2.29. The molecule has 1 heterocycles. The maximum absolute atomic E-state index is 12.0. The van der Waals surface area contributed by atoms with Gasteiger partial charge in [-0.2, -0.15) is 0 Å². The molecule has 1 N–H and O–H groups in total. The van der Waals surface area contributed by atoms with Gasteiger partial charge >= 0.3 is 18.0 Å². The summed E-state index contributed by atoms with van der Waals surface area (Å²) < 4.78 is 19.8. The van der Waals surface area contributed by atoms with E-state index in [9.17, 15) is 14.4 Å². The number of allylic oxidation sites excluding steroid dienone is 1. The average molecular weight is 315 g/mol. The number of esters is 2. The molecule has 1 aliphatic rings. The van der Waals surface area contributed by atoms with Crippen molar-refractivity contribution < 1.29 is 33.3 Å². The number of ether oxygens (including phenoxy) is 4. The predicted molar refractivity (Wildman–Crippen MR) is 74.5 cm³/mol. The first-order valence-electron chi connectivity index (χ1n) is 6.61. The molecule has 0 radical (unpaired) electrons. The highest BCUT2D eigenvalue weighted by Crippen LogP contribution is 2.34. The summed E-state index contributed by atoms with van der Waals surface area (Å²) in [5.74, 6) is -1.32. The molecule has 0 saturated heterocycles. The summed E-state index contributed by atoms with van der Waals surface area (Å²) in [5.41, 5.74) is -2.46. The van der Waals surface area contributed by atoms with Gasteiger partial charge in [0.1, 0.15) is 11.4 Å². The van der Waals surface area contributed by atoms with E-state index in [2.05, 4.69) is 14.8 Å². The van der Waals surface area contributed by atoms with Crippen LogP contribution in [0.1, 0.15) is 34.1 Å². The lowest BCUT2D eigenvalue weighted by atomic mass is 10.1. The molecule has 1 amide bonds. The molecular weight excluding hydrogens is 294 g/mol. The van der Waals surface area contributed by atoms with Crippen LogP contribution >= 0.6 is 0 Å². The van der Waals surface area contributed by atoms with Gasteiger partial charge in [-0.1, -0.05) is 0 Å². The molecule has 0 fully saturated rings. The van der Waals surface area contributed by atoms with Crippen LogP contribution in [0.4, 0.5) is 4.79 Å². The molecule has 0 unspecified atom stereocenters. The summed E-state index contributed by atoms with van der Waals surface area (Å²) in [5, 5.41) is 2.33. The fourth-order valence-corrected chi connectivity index (χ4v) is 1.94. The third-order valence-corrected chi connectivity index (χ3v) is 2.83. The van der Waals surface area contributed by atoms with E-state index < -0.39 is 29.4 Å². The number of carbonyl (C=O) groups is 3. The molecule has 0 aromatic carbocycles. The van der Waals surface area contributed by atoms with Crippen molar-refractivity contribution in [2.24, 2.45) is 0 Å². The molecule has 1 atom stereocenters. The minimum atomic E-state index is -1.84.